The summed E-state index contributed by atoms with van der Waals surface area (Å²) in [5.74, 6) is 1.53. The van der Waals surface area contributed by atoms with E-state index < -0.39 is 0 Å². The Hall–Kier alpha value is -2.40. The normalized spacial score (nSPS) is 12.2. The fourth-order valence-corrected chi connectivity index (χ4v) is 2.66. The molecule has 112 valence electrons. The van der Waals surface area contributed by atoms with E-state index in [0.717, 1.165) is 28.2 Å². The van der Waals surface area contributed by atoms with E-state index >= 15 is 0 Å². The maximum absolute atomic E-state index is 5.94. The van der Waals surface area contributed by atoms with Gasteiger partial charge in [-0.25, -0.2) is 4.98 Å². The van der Waals surface area contributed by atoms with E-state index in [9.17, 15) is 0 Å². The highest BCUT2D eigenvalue weighted by molar-refractivity contribution is 7.80. The Morgan fingerprint density at radius 1 is 1.23 bits per heavy atom. The summed E-state index contributed by atoms with van der Waals surface area (Å²) in [5.41, 5.74) is 9.00. The van der Waals surface area contributed by atoms with Crippen molar-refractivity contribution >= 4 is 28.2 Å². The lowest BCUT2D eigenvalue weighted by Crippen LogP contribution is -2.22. The fraction of sp³-hybridized carbons (Fsp3) is 0.176. The number of nitrogens with zero attached hydrogens (tertiary/aromatic N) is 1. The first-order valence-corrected chi connectivity index (χ1v) is 7.45. The van der Waals surface area contributed by atoms with Gasteiger partial charge < -0.3 is 15.5 Å². The van der Waals surface area contributed by atoms with Crippen molar-refractivity contribution in [3.05, 3.63) is 59.9 Å². The number of aromatic nitrogens is 2. The van der Waals surface area contributed by atoms with E-state index in [2.05, 4.69) is 9.97 Å². The van der Waals surface area contributed by atoms with Gasteiger partial charge in [-0.2, -0.15) is 0 Å². The number of imidazole rings is 1. The second-order valence-corrected chi connectivity index (χ2v) is 5.62. The first-order valence-electron chi connectivity index (χ1n) is 7.04. The van der Waals surface area contributed by atoms with Crippen LogP contribution in [0.2, 0.25) is 0 Å². The summed E-state index contributed by atoms with van der Waals surface area (Å²) in [6.45, 7) is 0. The van der Waals surface area contributed by atoms with Crippen LogP contribution in [0.4, 0.5) is 0 Å². The van der Waals surface area contributed by atoms with Gasteiger partial charge in [-0.3, -0.25) is 0 Å². The molecule has 0 radical (unpaired) electrons. The Morgan fingerprint density at radius 3 is 2.59 bits per heavy atom. The van der Waals surface area contributed by atoms with Crippen molar-refractivity contribution in [1.29, 1.82) is 0 Å². The number of fused-ring (bicyclic) bond motifs is 1. The summed E-state index contributed by atoms with van der Waals surface area (Å²) < 4.78 is 5.18. The Kier molecular flexibility index (Phi) is 4.06. The van der Waals surface area contributed by atoms with Crippen LogP contribution in [0.15, 0.2) is 48.5 Å². The van der Waals surface area contributed by atoms with Gasteiger partial charge in [-0.05, 0) is 36.2 Å². The molecule has 0 spiro atoms. The van der Waals surface area contributed by atoms with Gasteiger partial charge in [0.25, 0.3) is 0 Å². The van der Waals surface area contributed by atoms with E-state index in [-0.39, 0.29) is 5.92 Å². The van der Waals surface area contributed by atoms with Gasteiger partial charge in [0, 0.05) is 0 Å². The summed E-state index contributed by atoms with van der Waals surface area (Å²) in [4.78, 5) is 8.37. The molecule has 1 aromatic heterocycles. The molecular formula is C17H17N3OS. The molecule has 2 aromatic carbocycles. The number of H-pyrrole nitrogens is 1. The standard InChI is InChI=1S/C17H17N3OS/c1-21-12-8-6-11(7-9-12)10-13(16(18)22)17-19-14-4-2-3-5-15(14)20-17/h2-9,13H,10H2,1H3,(H2,18,22)(H,19,20). The predicted molar refractivity (Wildman–Crippen MR) is 92.3 cm³/mol. The Labute approximate surface area is 134 Å². The van der Waals surface area contributed by atoms with Crippen LogP contribution in [-0.4, -0.2) is 22.1 Å². The molecule has 4 nitrogen and oxygen atoms in total. The highest BCUT2D eigenvalue weighted by Crippen LogP contribution is 2.23. The van der Waals surface area contributed by atoms with Crippen LogP contribution in [0.5, 0.6) is 5.75 Å². The molecule has 1 heterocycles. The average Bonchev–Trinajstić information content (AvgIpc) is 2.96. The third-order valence-corrected chi connectivity index (χ3v) is 3.96. The molecule has 1 atom stereocenters. The fourth-order valence-electron chi connectivity index (χ4n) is 2.47. The highest BCUT2D eigenvalue weighted by Gasteiger charge is 2.19. The molecule has 0 saturated carbocycles. The largest absolute Gasteiger partial charge is 0.497 e. The maximum atomic E-state index is 5.94. The molecule has 1 unspecified atom stereocenters. The molecule has 5 heteroatoms. The van der Waals surface area contributed by atoms with Crippen molar-refractivity contribution in [1.82, 2.24) is 9.97 Å². The van der Waals surface area contributed by atoms with E-state index in [1.165, 1.54) is 0 Å². The number of para-hydroxylation sites is 2. The number of hydrogen-bond acceptors (Lipinski definition) is 3. The van der Waals surface area contributed by atoms with E-state index in [1.54, 1.807) is 7.11 Å². The highest BCUT2D eigenvalue weighted by atomic mass is 32.1. The number of rotatable bonds is 5. The maximum Gasteiger partial charge on any atom is 0.118 e. The van der Waals surface area contributed by atoms with Crippen molar-refractivity contribution in [2.24, 2.45) is 5.73 Å². The van der Waals surface area contributed by atoms with Crippen LogP contribution >= 0.6 is 12.2 Å². The number of aromatic amines is 1. The van der Waals surface area contributed by atoms with E-state index in [4.69, 9.17) is 22.7 Å². The summed E-state index contributed by atoms with van der Waals surface area (Å²) in [7, 11) is 1.65. The minimum Gasteiger partial charge on any atom is -0.497 e. The number of methoxy groups -OCH3 is 1. The topological polar surface area (TPSA) is 63.9 Å². The lowest BCUT2D eigenvalue weighted by Gasteiger charge is -2.13. The van der Waals surface area contributed by atoms with Crippen LogP contribution in [0.3, 0.4) is 0 Å². The first kappa shape index (κ1) is 14.5. The quantitative estimate of drug-likeness (QED) is 0.710. The summed E-state index contributed by atoms with van der Waals surface area (Å²) in [6.07, 6.45) is 0.707. The molecular weight excluding hydrogens is 294 g/mol. The molecule has 0 saturated heterocycles. The smallest absolute Gasteiger partial charge is 0.118 e. The molecule has 3 rings (SSSR count). The summed E-state index contributed by atoms with van der Waals surface area (Å²) >= 11 is 5.24. The van der Waals surface area contributed by atoms with Crippen molar-refractivity contribution in [2.45, 2.75) is 12.3 Å². The molecule has 0 aliphatic carbocycles. The predicted octanol–water partition coefficient (Wildman–Crippen LogP) is 3.18. The molecule has 0 aliphatic heterocycles. The van der Waals surface area contributed by atoms with Gasteiger partial charge in [-0.15, -0.1) is 0 Å². The van der Waals surface area contributed by atoms with Crippen LogP contribution in [0, 0.1) is 0 Å². The van der Waals surface area contributed by atoms with Crippen LogP contribution in [-0.2, 0) is 6.42 Å². The number of thiocarbonyl (C=S) groups is 1. The number of ether oxygens (including phenoxy) is 1. The zero-order valence-electron chi connectivity index (χ0n) is 12.2. The van der Waals surface area contributed by atoms with Crippen molar-refractivity contribution in [3.63, 3.8) is 0 Å². The molecule has 0 fully saturated rings. The number of nitrogens with two attached hydrogens (primary N) is 1. The lowest BCUT2D eigenvalue weighted by atomic mass is 9.98. The lowest BCUT2D eigenvalue weighted by molar-refractivity contribution is 0.414. The van der Waals surface area contributed by atoms with Gasteiger partial charge in [0.15, 0.2) is 0 Å². The van der Waals surface area contributed by atoms with Crippen LogP contribution in [0.25, 0.3) is 11.0 Å². The van der Waals surface area contributed by atoms with Crippen LogP contribution < -0.4 is 10.5 Å². The van der Waals surface area contributed by atoms with Gasteiger partial charge in [-0.1, -0.05) is 36.5 Å². The molecule has 22 heavy (non-hydrogen) atoms. The average molecular weight is 311 g/mol. The molecule has 3 aromatic rings. The Morgan fingerprint density at radius 2 is 1.95 bits per heavy atom. The minimum atomic E-state index is -0.115. The number of benzene rings is 2. The van der Waals surface area contributed by atoms with E-state index in [0.29, 0.717) is 11.4 Å². The summed E-state index contributed by atoms with van der Waals surface area (Å²) in [5, 5.41) is 0. The molecule has 3 N–H and O–H groups in total. The van der Waals surface area contributed by atoms with Crippen LogP contribution in [0.1, 0.15) is 17.3 Å². The van der Waals surface area contributed by atoms with Gasteiger partial charge >= 0.3 is 0 Å². The van der Waals surface area contributed by atoms with Gasteiger partial charge in [0.1, 0.15) is 11.6 Å². The van der Waals surface area contributed by atoms with Crippen molar-refractivity contribution < 1.29 is 4.74 Å². The second kappa shape index (κ2) is 6.15. The Balaban J connectivity index is 1.90. The van der Waals surface area contributed by atoms with E-state index in [1.807, 2.05) is 48.5 Å². The molecule has 0 amide bonds. The zero-order valence-corrected chi connectivity index (χ0v) is 13.1. The van der Waals surface area contributed by atoms with Crippen molar-refractivity contribution in [2.75, 3.05) is 7.11 Å². The first-order chi connectivity index (χ1) is 10.7. The molecule has 0 aliphatic rings. The number of hydrogen-bond donors (Lipinski definition) is 2. The monoisotopic (exact) mass is 311 g/mol. The SMILES string of the molecule is COc1ccc(CC(C(N)=S)c2nc3ccccc3[nH]2)cc1. The minimum absolute atomic E-state index is 0.115. The van der Waals surface area contributed by atoms with Gasteiger partial charge in [0.05, 0.1) is 29.0 Å². The zero-order chi connectivity index (χ0) is 15.5. The molecule has 0 bridgehead atoms. The van der Waals surface area contributed by atoms with Crippen molar-refractivity contribution in [3.8, 4) is 5.75 Å². The Bertz CT molecular complexity index is 762. The third-order valence-electron chi connectivity index (χ3n) is 3.68. The third kappa shape index (κ3) is 2.94. The second-order valence-electron chi connectivity index (χ2n) is 5.15. The number of nitrogens with one attached hydrogen (secondary N) is 1. The van der Waals surface area contributed by atoms with Gasteiger partial charge in [0.2, 0.25) is 0 Å². The summed E-state index contributed by atoms with van der Waals surface area (Å²) in [6, 6.07) is 15.8.